The number of hydrogen-bond acceptors (Lipinski definition) is 4. The van der Waals surface area contributed by atoms with Gasteiger partial charge in [-0.3, -0.25) is 14.4 Å². The number of hydrogen-bond donors (Lipinski definition) is 2. The van der Waals surface area contributed by atoms with Crippen molar-refractivity contribution in [2.45, 2.75) is 51.5 Å². The van der Waals surface area contributed by atoms with Crippen LogP contribution in [0.2, 0.25) is 0 Å². The zero-order valence-corrected chi connectivity index (χ0v) is 20.2. The summed E-state index contributed by atoms with van der Waals surface area (Å²) in [7, 11) is 2.02. The van der Waals surface area contributed by atoms with Gasteiger partial charge in [0.05, 0.1) is 5.92 Å². The number of benzene rings is 2. The maximum absolute atomic E-state index is 14.7. The Morgan fingerprint density at radius 2 is 1.97 bits per heavy atom. The van der Waals surface area contributed by atoms with E-state index in [9.17, 15) is 18.8 Å². The van der Waals surface area contributed by atoms with Crippen LogP contribution in [0.25, 0.3) is 0 Å². The minimum Gasteiger partial charge on any atom is -0.374 e. The van der Waals surface area contributed by atoms with Gasteiger partial charge in [-0.1, -0.05) is 45.0 Å². The largest absolute Gasteiger partial charge is 0.374 e. The summed E-state index contributed by atoms with van der Waals surface area (Å²) in [5.74, 6) is -1.57. The quantitative estimate of drug-likeness (QED) is 0.687. The topological polar surface area (TPSA) is 78.5 Å². The van der Waals surface area contributed by atoms with E-state index in [1.807, 2.05) is 46.0 Å². The molecule has 0 aliphatic carbocycles. The number of anilines is 1. The van der Waals surface area contributed by atoms with Gasteiger partial charge in [-0.15, -0.1) is 0 Å². The highest BCUT2D eigenvalue weighted by atomic mass is 19.1. The summed E-state index contributed by atoms with van der Waals surface area (Å²) >= 11 is 0. The lowest BCUT2D eigenvalue weighted by Gasteiger charge is -2.22. The van der Waals surface area contributed by atoms with Gasteiger partial charge < -0.3 is 15.5 Å². The molecule has 34 heavy (non-hydrogen) atoms. The molecule has 2 N–H and O–H groups in total. The fraction of sp³-hybridized carbons (Fsp3) is 0.444. The number of likely N-dealkylation sites (N-methyl/N-ethyl adjacent to an activating group) is 1. The summed E-state index contributed by atoms with van der Waals surface area (Å²) in [6.45, 7) is 6.99. The smallest absolute Gasteiger partial charge is 0.226 e. The van der Waals surface area contributed by atoms with Crippen molar-refractivity contribution >= 4 is 23.3 Å². The van der Waals surface area contributed by atoms with E-state index in [1.165, 1.54) is 6.07 Å². The zero-order valence-electron chi connectivity index (χ0n) is 20.2. The fourth-order valence-electron chi connectivity index (χ4n) is 4.75. The number of carbonyl (C=O) groups excluding carboxylic acids is 3. The molecule has 2 aliphatic heterocycles. The van der Waals surface area contributed by atoms with Gasteiger partial charge in [0.15, 0.2) is 5.78 Å². The number of carbonyl (C=O) groups is 3. The van der Waals surface area contributed by atoms with Crippen molar-refractivity contribution in [3.63, 3.8) is 0 Å². The summed E-state index contributed by atoms with van der Waals surface area (Å²) in [5.41, 5.74) is 3.77. The van der Waals surface area contributed by atoms with Crippen LogP contribution in [0.4, 0.5) is 10.1 Å². The number of Topliss-reactive ketones (excluding diaryl/α,β-unsaturated/α-hetero) is 1. The van der Waals surface area contributed by atoms with Gasteiger partial charge in [-0.05, 0) is 46.2 Å². The predicted octanol–water partition coefficient (Wildman–Crippen LogP) is 3.22. The number of halogens is 1. The van der Waals surface area contributed by atoms with Crippen LogP contribution in [-0.2, 0) is 32.6 Å². The first-order chi connectivity index (χ1) is 16.0. The Balaban J connectivity index is 1.60. The van der Waals surface area contributed by atoms with Crippen LogP contribution in [0.1, 0.15) is 55.5 Å². The molecule has 2 aliphatic rings. The third-order valence-corrected chi connectivity index (χ3v) is 6.74. The van der Waals surface area contributed by atoms with Crippen molar-refractivity contribution in [1.29, 1.82) is 0 Å². The van der Waals surface area contributed by atoms with Crippen LogP contribution < -0.4 is 15.5 Å². The molecule has 180 valence electrons. The first kappa shape index (κ1) is 23.9. The number of fused-ring (bicyclic) bond motifs is 1. The van der Waals surface area contributed by atoms with Gasteiger partial charge in [0.2, 0.25) is 11.8 Å². The first-order valence-electron chi connectivity index (χ1n) is 11.8. The molecule has 0 saturated carbocycles. The van der Waals surface area contributed by atoms with Crippen molar-refractivity contribution in [2.24, 2.45) is 5.92 Å². The second-order valence-electron chi connectivity index (χ2n) is 10.4. The van der Waals surface area contributed by atoms with Gasteiger partial charge >= 0.3 is 0 Å². The SMILES string of the molecule is CN1CCc2cc(C(NC(=O)[C@@H]3CNC(=O)C3)C(=O)Cc3ccc(C(C)(C)C)c(F)c3)ccc21. The fourth-order valence-corrected chi connectivity index (χ4v) is 4.75. The second kappa shape index (κ2) is 9.20. The lowest BCUT2D eigenvalue weighted by Crippen LogP contribution is -2.39. The molecule has 2 heterocycles. The Morgan fingerprint density at radius 3 is 2.62 bits per heavy atom. The monoisotopic (exact) mass is 465 g/mol. The van der Waals surface area contributed by atoms with Gasteiger partial charge in [0.25, 0.3) is 0 Å². The molecule has 2 aromatic rings. The third kappa shape index (κ3) is 4.98. The van der Waals surface area contributed by atoms with E-state index in [-0.39, 0.29) is 48.2 Å². The summed E-state index contributed by atoms with van der Waals surface area (Å²) in [4.78, 5) is 40.1. The van der Waals surface area contributed by atoms with Gasteiger partial charge in [0, 0.05) is 38.7 Å². The molecular weight excluding hydrogens is 433 g/mol. The maximum Gasteiger partial charge on any atom is 0.226 e. The van der Waals surface area contributed by atoms with Gasteiger partial charge in [0.1, 0.15) is 11.9 Å². The number of ketones is 1. The molecule has 1 fully saturated rings. The number of amides is 2. The highest BCUT2D eigenvalue weighted by molar-refractivity contribution is 5.94. The average Bonchev–Trinajstić information content (AvgIpc) is 3.36. The Hall–Kier alpha value is -3.22. The molecule has 2 amide bonds. The van der Waals surface area contributed by atoms with Crippen LogP contribution in [0.15, 0.2) is 36.4 Å². The highest BCUT2D eigenvalue weighted by Gasteiger charge is 2.32. The van der Waals surface area contributed by atoms with Crippen molar-refractivity contribution in [1.82, 2.24) is 10.6 Å². The van der Waals surface area contributed by atoms with Crippen molar-refractivity contribution in [2.75, 3.05) is 25.0 Å². The van der Waals surface area contributed by atoms with Gasteiger partial charge in [-0.25, -0.2) is 4.39 Å². The molecule has 1 unspecified atom stereocenters. The van der Waals surface area contributed by atoms with Crippen molar-refractivity contribution in [3.8, 4) is 0 Å². The van der Waals surface area contributed by atoms with Crippen molar-refractivity contribution < 1.29 is 18.8 Å². The van der Waals surface area contributed by atoms with Crippen LogP contribution in [0.3, 0.4) is 0 Å². The molecule has 4 rings (SSSR count). The number of nitrogens with zero attached hydrogens (tertiary/aromatic N) is 1. The molecule has 7 heteroatoms. The normalized spacial score (nSPS) is 18.4. The minimum atomic E-state index is -0.871. The van der Waals surface area contributed by atoms with E-state index in [1.54, 1.807) is 12.1 Å². The maximum atomic E-state index is 14.7. The van der Waals surface area contributed by atoms with E-state index < -0.39 is 12.0 Å². The second-order valence-corrected chi connectivity index (χ2v) is 10.4. The highest BCUT2D eigenvalue weighted by Crippen LogP contribution is 2.31. The Kier molecular flexibility index (Phi) is 6.47. The van der Waals surface area contributed by atoms with E-state index in [4.69, 9.17) is 0 Å². The molecule has 0 bridgehead atoms. The van der Waals surface area contributed by atoms with Crippen LogP contribution in [0, 0.1) is 11.7 Å². The molecule has 0 radical (unpaired) electrons. The summed E-state index contributed by atoms with van der Waals surface area (Å²) in [6, 6.07) is 9.86. The summed E-state index contributed by atoms with van der Waals surface area (Å²) < 4.78 is 14.7. The third-order valence-electron chi connectivity index (χ3n) is 6.74. The Morgan fingerprint density at radius 1 is 1.21 bits per heavy atom. The van der Waals surface area contributed by atoms with E-state index in [0.29, 0.717) is 16.7 Å². The van der Waals surface area contributed by atoms with E-state index in [0.717, 1.165) is 24.2 Å². The number of rotatable bonds is 6. The molecule has 2 atom stereocenters. The van der Waals surface area contributed by atoms with E-state index in [2.05, 4.69) is 15.5 Å². The molecule has 6 nitrogen and oxygen atoms in total. The average molecular weight is 466 g/mol. The first-order valence-corrected chi connectivity index (χ1v) is 11.8. The minimum absolute atomic E-state index is 0.00881. The summed E-state index contributed by atoms with van der Waals surface area (Å²) in [5, 5.41) is 5.54. The zero-order chi connectivity index (χ0) is 24.6. The Labute approximate surface area is 199 Å². The Bertz CT molecular complexity index is 1140. The number of nitrogens with one attached hydrogen (secondary N) is 2. The standard InChI is InChI=1S/C27H32FN3O3/c1-27(2,3)20-7-5-16(11-21(20)28)12-23(32)25(30-26(34)19-14-24(33)29-15-19)18-6-8-22-17(13-18)9-10-31(22)4/h5-8,11,13,19,25H,9-10,12,14-15H2,1-4H3,(H,29,33)(H,30,34)/t19-,25?/m0/s1. The molecule has 1 saturated heterocycles. The lowest BCUT2D eigenvalue weighted by molar-refractivity contribution is -0.130. The summed E-state index contributed by atoms with van der Waals surface area (Å²) in [6.07, 6.45) is 0.974. The molecule has 0 spiro atoms. The van der Waals surface area contributed by atoms with Crippen LogP contribution in [0.5, 0.6) is 0 Å². The van der Waals surface area contributed by atoms with Gasteiger partial charge in [-0.2, -0.15) is 0 Å². The van der Waals surface area contributed by atoms with Crippen LogP contribution in [-0.4, -0.2) is 37.7 Å². The van der Waals surface area contributed by atoms with Crippen molar-refractivity contribution in [3.05, 3.63) is 64.5 Å². The lowest BCUT2D eigenvalue weighted by atomic mass is 9.85. The van der Waals surface area contributed by atoms with E-state index >= 15 is 0 Å². The molecule has 0 aromatic heterocycles. The predicted molar refractivity (Wildman–Crippen MR) is 129 cm³/mol. The molecular formula is C27H32FN3O3. The van der Waals surface area contributed by atoms with Crippen LogP contribution >= 0.6 is 0 Å². The molecule has 2 aromatic carbocycles.